The van der Waals surface area contributed by atoms with E-state index >= 15 is 0 Å². The lowest BCUT2D eigenvalue weighted by Gasteiger charge is -2.23. The van der Waals surface area contributed by atoms with Crippen LogP contribution in [0.4, 0.5) is 0 Å². The van der Waals surface area contributed by atoms with E-state index in [1.54, 1.807) is 0 Å². The zero-order chi connectivity index (χ0) is 12.2. The van der Waals surface area contributed by atoms with Crippen molar-refractivity contribution < 1.29 is 35.3 Å². The first kappa shape index (κ1) is 13.9. The molecule has 0 aliphatic rings. The van der Waals surface area contributed by atoms with E-state index in [9.17, 15) is 14.9 Å². The molecule has 0 saturated heterocycles. The first-order chi connectivity index (χ1) is 6.82. The third kappa shape index (κ3) is 3.49. The molecule has 0 aliphatic carbocycles. The molecule has 88 valence electrons. The van der Waals surface area contributed by atoms with Crippen molar-refractivity contribution >= 4 is 6.29 Å². The van der Waals surface area contributed by atoms with Gasteiger partial charge in [0.2, 0.25) is 0 Å². The van der Waals surface area contributed by atoms with E-state index in [0.717, 1.165) is 0 Å². The van der Waals surface area contributed by atoms with Crippen molar-refractivity contribution in [1.29, 1.82) is 0 Å². The predicted octanol–water partition coefficient (Wildman–Crippen LogP) is -3.78. The molecule has 0 radical (unpaired) electrons. The van der Waals surface area contributed by atoms with Crippen LogP contribution < -0.4 is 0 Å². The van der Waals surface area contributed by atoms with Crippen LogP contribution in [-0.2, 0) is 4.79 Å². The Morgan fingerprint density at radius 1 is 1.00 bits per heavy atom. The van der Waals surface area contributed by atoms with Gasteiger partial charge in [0.05, 0.1) is 4.92 Å². The maximum Gasteiger partial charge on any atom is 0.341 e. The van der Waals surface area contributed by atoms with Gasteiger partial charge in [-0.3, -0.25) is 10.1 Å². The highest BCUT2D eigenvalue weighted by Crippen LogP contribution is 2.07. The average Bonchev–Trinajstić information content (AvgIpc) is 2.23. The predicted molar refractivity (Wildman–Crippen MR) is 43.1 cm³/mol. The zero-order valence-corrected chi connectivity index (χ0v) is 7.37. The van der Waals surface area contributed by atoms with E-state index in [-0.39, 0.29) is 6.29 Å². The smallest absolute Gasteiger partial charge is 0.341 e. The SMILES string of the molecule is O=CC(O)C(O)C(O)C(O)C(O)[N+](=O)[O-]. The second-order valence-corrected chi connectivity index (χ2v) is 2.80. The Hall–Kier alpha value is -1.13. The largest absolute Gasteiger partial charge is 0.387 e. The van der Waals surface area contributed by atoms with Gasteiger partial charge in [0.15, 0.2) is 12.4 Å². The molecule has 0 aromatic heterocycles. The number of rotatable bonds is 6. The summed E-state index contributed by atoms with van der Waals surface area (Å²) in [5, 5.41) is 54.3. The molecule has 9 heteroatoms. The molecule has 0 amide bonds. The van der Waals surface area contributed by atoms with Crippen molar-refractivity contribution in [3.63, 3.8) is 0 Å². The summed E-state index contributed by atoms with van der Waals surface area (Å²) in [5.74, 6) is 0. The van der Waals surface area contributed by atoms with Gasteiger partial charge in [-0.25, -0.2) is 0 Å². The fraction of sp³-hybridized carbons (Fsp3) is 0.833. The third-order valence-electron chi connectivity index (χ3n) is 1.71. The molecule has 0 rings (SSSR count). The van der Waals surface area contributed by atoms with Crippen LogP contribution in [-0.4, -0.2) is 67.4 Å². The molecular formula is C6H11NO8. The Bertz CT molecular complexity index is 233. The highest BCUT2D eigenvalue weighted by Gasteiger charge is 2.39. The van der Waals surface area contributed by atoms with E-state index < -0.39 is 35.6 Å². The highest BCUT2D eigenvalue weighted by atomic mass is 16.7. The summed E-state index contributed by atoms with van der Waals surface area (Å²) in [6.07, 6.45) is -11.3. The Balaban J connectivity index is 4.49. The molecule has 0 bridgehead atoms. The van der Waals surface area contributed by atoms with E-state index in [4.69, 9.17) is 25.5 Å². The Morgan fingerprint density at radius 2 is 1.47 bits per heavy atom. The van der Waals surface area contributed by atoms with Crippen LogP contribution in [0.2, 0.25) is 0 Å². The van der Waals surface area contributed by atoms with Crippen LogP contribution >= 0.6 is 0 Å². The lowest BCUT2D eigenvalue weighted by Crippen LogP contribution is -2.51. The molecule has 5 atom stereocenters. The fourth-order valence-corrected chi connectivity index (χ4v) is 0.786. The molecule has 0 aromatic carbocycles. The summed E-state index contributed by atoms with van der Waals surface area (Å²) in [7, 11) is 0. The van der Waals surface area contributed by atoms with Gasteiger partial charge >= 0.3 is 6.23 Å². The highest BCUT2D eigenvalue weighted by molar-refractivity contribution is 5.56. The molecular weight excluding hydrogens is 214 g/mol. The molecule has 0 saturated carbocycles. The molecule has 0 fully saturated rings. The summed E-state index contributed by atoms with van der Waals surface area (Å²) in [6.45, 7) is 0. The summed E-state index contributed by atoms with van der Waals surface area (Å²) < 4.78 is 0. The van der Waals surface area contributed by atoms with Gasteiger partial charge in [-0.1, -0.05) is 0 Å². The average molecular weight is 225 g/mol. The number of hydrogen-bond donors (Lipinski definition) is 5. The summed E-state index contributed by atoms with van der Waals surface area (Å²) in [4.78, 5) is 18.7. The normalized spacial score (nSPS) is 21.1. The molecule has 5 unspecified atom stereocenters. The van der Waals surface area contributed by atoms with Crippen molar-refractivity contribution in [3.8, 4) is 0 Å². The van der Waals surface area contributed by atoms with Gasteiger partial charge in [0.25, 0.3) is 0 Å². The number of aliphatic hydroxyl groups excluding tert-OH is 5. The summed E-state index contributed by atoms with van der Waals surface area (Å²) >= 11 is 0. The minimum atomic E-state index is -2.52. The number of aldehydes is 1. The second-order valence-electron chi connectivity index (χ2n) is 2.80. The first-order valence-electron chi connectivity index (χ1n) is 3.82. The molecule has 15 heavy (non-hydrogen) atoms. The van der Waals surface area contributed by atoms with Crippen LogP contribution in [0.3, 0.4) is 0 Å². The second kappa shape index (κ2) is 5.68. The van der Waals surface area contributed by atoms with Crippen molar-refractivity contribution in [3.05, 3.63) is 10.1 Å². The van der Waals surface area contributed by atoms with E-state index in [0.29, 0.717) is 0 Å². The van der Waals surface area contributed by atoms with E-state index in [1.807, 2.05) is 0 Å². The summed E-state index contributed by atoms with van der Waals surface area (Å²) in [6, 6.07) is 0. The number of aliphatic hydroxyl groups is 5. The molecule has 0 spiro atoms. The van der Waals surface area contributed by atoms with Crippen molar-refractivity contribution in [2.75, 3.05) is 0 Å². The van der Waals surface area contributed by atoms with Gasteiger partial charge in [-0.15, -0.1) is 0 Å². The Labute approximate surface area is 83.3 Å². The molecule has 0 aliphatic heterocycles. The molecule has 9 nitrogen and oxygen atoms in total. The van der Waals surface area contributed by atoms with Crippen molar-refractivity contribution in [2.45, 2.75) is 30.6 Å². The standard InChI is InChI=1S/C6H11NO8/c8-1-2(9)3(10)4(11)5(12)6(13)7(14)15/h1-6,9-13H. The number of nitro groups is 1. The van der Waals surface area contributed by atoms with Gasteiger partial charge < -0.3 is 30.3 Å². The van der Waals surface area contributed by atoms with Gasteiger partial charge in [0, 0.05) is 0 Å². The van der Waals surface area contributed by atoms with Crippen LogP contribution in [0.5, 0.6) is 0 Å². The van der Waals surface area contributed by atoms with Gasteiger partial charge in [0.1, 0.15) is 18.3 Å². The third-order valence-corrected chi connectivity index (χ3v) is 1.71. The minimum Gasteiger partial charge on any atom is -0.387 e. The van der Waals surface area contributed by atoms with Crippen LogP contribution in [0.15, 0.2) is 0 Å². The number of nitrogens with zero attached hydrogens (tertiary/aromatic N) is 1. The maximum absolute atomic E-state index is 9.98. The lowest BCUT2D eigenvalue weighted by molar-refractivity contribution is -0.585. The number of carbonyl (C=O) groups is 1. The van der Waals surface area contributed by atoms with Gasteiger partial charge in [-0.2, -0.15) is 0 Å². The van der Waals surface area contributed by atoms with Gasteiger partial charge in [-0.05, 0) is 0 Å². The first-order valence-corrected chi connectivity index (χ1v) is 3.82. The zero-order valence-electron chi connectivity index (χ0n) is 7.37. The number of carbonyl (C=O) groups excluding carboxylic acids is 1. The monoisotopic (exact) mass is 225 g/mol. The number of hydrogen-bond acceptors (Lipinski definition) is 8. The van der Waals surface area contributed by atoms with Crippen LogP contribution in [0.1, 0.15) is 0 Å². The van der Waals surface area contributed by atoms with Crippen molar-refractivity contribution in [2.24, 2.45) is 0 Å². The quantitative estimate of drug-likeness (QED) is 0.133. The molecule has 0 heterocycles. The molecule has 0 aromatic rings. The van der Waals surface area contributed by atoms with E-state index in [1.165, 1.54) is 0 Å². The maximum atomic E-state index is 9.98. The lowest BCUT2D eigenvalue weighted by atomic mass is 10.0. The fourth-order valence-electron chi connectivity index (χ4n) is 0.786. The van der Waals surface area contributed by atoms with Crippen LogP contribution in [0, 0.1) is 10.1 Å². The van der Waals surface area contributed by atoms with Crippen LogP contribution in [0.25, 0.3) is 0 Å². The Morgan fingerprint density at radius 3 is 1.80 bits per heavy atom. The van der Waals surface area contributed by atoms with Crippen molar-refractivity contribution in [1.82, 2.24) is 0 Å². The molecule has 5 N–H and O–H groups in total. The Kier molecular flexibility index (Phi) is 5.25. The van der Waals surface area contributed by atoms with E-state index in [2.05, 4.69) is 0 Å². The minimum absolute atomic E-state index is 0.126. The summed E-state index contributed by atoms with van der Waals surface area (Å²) in [5.41, 5.74) is 0. The topological polar surface area (TPSA) is 161 Å².